The van der Waals surface area contributed by atoms with Crippen LogP contribution in [0.4, 0.5) is 0 Å². The van der Waals surface area contributed by atoms with Crippen LogP contribution in [0, 0.1) is 0 Å². The van der Waals surface area contributed by atoms with Crippen LogP contribution in [0.3, 0.4) is 0 Å². The zero-order valence-electron chi connectivity index (χ0n) is 10.7. The first-order chi connectivity index (χ1) is 8.41. The summed E-state index contributed by atoms with van der Waals surface area (Å²) in [5, 5.41) is 10.1. The van der Waals surface area contributed by atoms with E-state index in [9.17, 15) is 9.59 Å². The summed E-state index contributed by atoms with van der Waals surface area (Å²) in [6, 6.07) is 10.6. The lowest BCUT2D eigenvalue weighted by Gasteiger charge is -2.02. The van der Waals surface area contributed by atoms with E-state index in [0.717, 1.165) is 6.42 Å². The highest BCUT2D eigenvalue weighted by Gasteiger charge is 1.95. The molecule has 1 amide bonds. The van der Waals surface area contributed by atoms with Crippen molar-refractivity contribution in [3.05, 3.63) is 35.9 Å². The number of amides is 1. The summed E-state index contributed by atoms with van der Waals surface area (Å²) >= 11 is 0. The predicted octanol–water partition coefficient (Wildman–Crippen LogP) is 0.783. The van der Waals surface area contributed by atoms with Gasteiger partial charge < -0.3 is 16.2 Å². The van der Waals surface area contributed by atoms with Gasteiger partial charge in [0.15, 0.2) is 0 Å². The minimum Gasteiger partial charge on any atom is -0.480 e. The third-order valence-electron chi connectivity index (χ3n) is 1.89. The maximum atomic E-state index is 9.97. The molecule has 1 aromatic rings. The zero-order chi connectivity index (χ0) is 14.0. The minimum atomic E-state index is -1.03. The second-order valence-corrected chi connectivity index (χ2v) is 3.97. The normalized spacial score (nSPS) is 10.8. The molecule has 18 heavy (non-hydrogen) atoms. The lowest BCUT2D eigenvalue weighted by Crippen LogP contribution is -2.26. The number of hydrogen-bond donors (Lipinski definition) is 3. The van der Waals surface area contributed by atoms with Gasteiger partial charge in [-0.15, -0.1) is 0 Å². The number of carboxylic acids is 1. The van der Waals surface area contributed by atoms with Crippen molar-refractivity contribution in [2.24, 2.45) is 5.73 Å². The van der Waals surface area contributed by atoms with Gasteiger partial charge in [-0.1, -0.05) is 30.3 Å². The van der Waals surface area contributed by atoms with E-state index in [4.69, 9.17) is 10.8 Å². The van der Waals surface area contributed by atoms with E-state index in [2.05, 4.69) is 17.4 Å². The van der Waals surface area contributed by atoms with E-state index in [1.54, 1.807) is 0 Å². The molecule has 0 saturated carbocycles. The first-order valence-corrected chi connectivity index (χ1v) is 5.67. The summed E-state index contributed by atoms with van der Waals surface area (Å²) in [5.74, 6) is -1.35. The third-order valence-corrected chi connectivity index (χ3v) is 1.89. The van der Waals surface area contributed by atoms with Crippen LogP contribution in [0.25, 0.3) is 0 Å². The second-order valence-electron chi connectivity index (χ2n) is 3.97. The van der Waals surface area contributed by atoms with Gasteiger partial charge in [0.25, 0.3) is 0 Å². The van der Waals surface area contributed by atoms with E-state index < -0.39 is 5.97 Å². The fourth-order valence-electron chi connectivity index (χ4n) is 1.19. The average molecular weight is 252 g/mol. The Balaban J connectivity index is 0.000000331. The predicted molar refractivity (Wildman–Crippen MR) is 70.1 cm³/mol. The highest BCUT2D eigenvalue weighted by molar-refractivity contribution is 5.79. The number of nitrogens with one attached hydrogen (secondary N) is 1. The van der Waals surface area contributed by atoms with Crippen molar-refractivity contribution in [2.75, 3.05) is 6.54 Å². The Bertz CT molecular complexity index is 350. The van der Waals surface area contributed by atoms with Crippen molar-refractivity contribution in [2.45, 2.75) is 26.3 Å². The Hall–Kier alpha value is -1.88. The Morgan fingerprint density at radius 1 is 1.33 bits per heavy atom. The Kier molecular flexibility index (Phi) is 8.22. The first kappa shape index (κ1) is 16.1. The van der Waals surface area contributed by atoms with Gasteiger partial charge in [0, 0.05) is 13.0 Å². The molecule has 100 valence electrons. The molecular formula is C13H20N2O3. The molecule has 0 bridgehead atoms. The third kappa shape index (κ3) is 10.6. The number of hydrogen-bond acceptors (Lipinski definition) is 3. The van der Waals surface area contributed by atoms with Crippen LogP contribution < -0.4 is 11.1 Å². The number of benzene rings is 1. The molecule has 0 aromatic heterocycles. The number of rotatable bonds is 4. The fraction of sp³-hybridized carbons (Fsp3) is 0.385. The van der Waals surface area contributed by atoms with Gasteiger partial charge in [-0.3, -0.25) is 9.59 Å². The molecule has 0 heterocycles. The molecule has 0 fully saturated rings. The molecule has 0 aliphatic heterocycles. The minimum absolute atomic E-state index is 0.266. The van der Waals surface area contributed by atoms with E-state index >= 15 is 0 Å². The second kappa shape index (κ2) is 9.18. The molecule has 1 rings (SSSR count). The van der Waals surface area contributed by atoms with Crippen molar-refractivity contribution in [3.8, 4) is 0 Å². The summed E-state index contributed by atoms with van der Waals surface area (Å²) in [6.45, 7) is 2.99. The molecule has 0 radical (unpaired) electrons. The fourth-order valence-corrected chi connectivity index (χ4v) is 1.19. The maximum Gasteiger partial charge on any atom is 0.322 e. The summed E-state index contributed by atoms with van der Waals surface area (Å²) in [4.78, 5) is 19.7. The van der Waals surface area contributed by atoms with Gasteiger partial charge in [-0.25, -0.2) is 0 Å². The van der Waals surface area contributed by atoms with Crippen molar-refractivity contribution >= 4 is 11.9 Å². The number of carbonyl (C=O) groups excluding carboxylic acids is 1. The maximum absolute atomic E-state index is 9.97. The molecule has 1 aromatic carbocycles. The Labute approximate surface area is 107 Å². The van der Waals surface area contributed by atoms with Gasteiger partial charge >= 0.3 is 5.97 Å². The quantitative estimate of drug-likeness (QED) is 0.738. The molecule has 0 spiro atoms. The van der Waals surface area contributed by atoms with E-state index in [1.165, 1.54) is 12.5 Å². The van der Waals surface area contributed by atoms with Gasteiger partial charge in [-0.05, 0) is 18.9 Å². The Morgan fingerprint density at radius 3 is 2.22 bits per heavy atom. The van der Waals surface area contributed by atoms with Crippen molar-refractivity contribution in [3.63, 3.8) is 0 Å². The lowest BCUT2D eigenvalue weighted by atomic mass is 10.1. The number of carboxylic acid groups (broad SMARTS) is 1. The number of carbonyl (C=O) groups is 2. The highest BCUT2D eigenvalue weighted by Crippen LogP contribution is 2.00. The lowest BCUT2D eigenvalue weighted by molar-refractivity contribution is -0.137. The molecule has 1 unspecified atom stereocenters. The summed E-state index contributed by atoms with van der Waals surface area (Å²) in [5.41, 5.74) is 6.94. The smallest absolute Gasteiger partial charge is 0.322 e. The highest BCUT2D eigenvalue weighted by atomic mass is 16.4. The van der Waals surface area contributed by atoms with Crippen molar-refractivity contribution < 1.29 is 14.7 Å². The zero-order valence-corrected chi connectivity index (χ0v) is 10.7. The van der Waals surface area contributed by atoms with Crippen molar-refractivity contribution in [1.82, 2.24) is 5.32 Å². The first-order valence-electron chi connectivity index (χ1n) is 5.67. The molecule has 1 atom stereocenters. The van der Waals surface area contributed by atoms with Crippen LogP contribution in [0.15, 0.2) is 30.3 Å². The van der Waals surface area contributed by atoms with Crippen LogP contribution >= 0.6 is 0 Å². The molecule has 5 nitrogen and oxygen atoms in total. The van der Waals surface area contributed by atoms with E-state index in [-0.39, 0.29) is 18.5 Å². The monoisotopic (exact) mass is 252 g/mol. The number of aliphatic carboxylic acids is 1. The van der Waals surface area contributed by atoms with Crippen LogP contribution in [0.5, 0.6) is 0 Å². The molecule has 5 heteroatoms. The summed E-state index contributed by atoms with van der Waals surface area (Å²) < 4.78 is 0. The molecule has 0 aliphatic rings. The van der Waals surface area contributed by atoms with Gasteiger partial charge in [-0.2, -0.15) is 0 Å². The molecule has 0 aliphatic carbocycles. The van der Waals surface area contributed by atoms with Crippen molar-refractivity contribution in [1.29, 1.82) is 0 Å². The van der Waals surface area contributed by atoms with Gasteiger partial charge in [0.05, 0.1) is 0 Å². The standard InChI is InChI=1S/C9H13N.C4H7NO3/c1-8(10)7-9-5-3-2-4-6-9;1-3(6)5-2-4(7)8/h2-6,8H,7,10H2,1H3;2H2,1H3,(H,5,6)(H,7,8). The average Bonchev–Trinajstić information content (AvgIpc) is 2.28. The van der Waals surface area contributed by atoms with E-state index in [1.807, 2.05) is 25.1 Å². The van der Waals surface area contributed by atoms with Gasteiger partial charge in [0.1, 0.15) is 6.54 Å². The topological polar surface area (TPSA) is 92.4 Å². The van der Waals surface area contributed by atoms with Crippen LogP contribution in [-0.4, -0.2) is 29.6 Å². The SMILES string of the molecule is CC(=O)NCC(=O)O.CC(N)Cc1ccccc1. The summed E-state index contributed by atoms with van der Waals surface area (Å²) in [6.07, 6.45) is 0.973. The van der Waals surface area contributed by atoms with E-state index in [0.29, 0.717) is 0 Å². The van der Waals surface area contributed by atoms with Crippen LogP contribution in [-0.2, 0) is 16.0 Å². The van der Waals surface area contributed by atoms with Gasteiger partial charge in [0.2, 0.25) is 5.91 Å². The number of nitrogens with two attached hydrogens (primary N) is 1. The summed E-state index contributed by atoms with van der Waals surface area (Å²) in [7, 11) is 0. The molecular weight excluding hydrogens is 232 g/mol. The molecule has 0 saturated heterocycles. The Morgan fingerprint density at radius 2 is 1.89 bits per heavy atom. The largest absolute Gasteiger partial charge is 0.480 e. The molecule has 4 N–H and O–H groups in total. The van der Waals surface area contributed by atoms with Crippen LogP contribution in [0.2, 0.25) is 0 Å². The van der Waals surface area contributed by atoms with Crippen LogP contribution in [0.1, 0.15) is 19.4 Å².